The maximum Gasteiger partial charge on any atom is 0.293 e. The van der Waals surface area contributed by atoms with Crippen molar-refractivity contribution in [2.45, 2.75) is 11.8 Å². The monoisotopic (exact) mass is 485 g/mol. The van der Waals surface area contributed by atoms with E-state index in [0.29, 0.717) is 37.6 Å². The van der Waals surface area contributed by atoms with Crippen LogP contribution in [0.1, 0.15) is 17.3 Å². The molecule has 1 N–H and O–H groups in total. The summed E-state index contributed by atoms with van der Waals surface area (Å²) in [6.07, 6.45) is 1.90. The molecule has 1 saturated heterocycles. The van der Waals surface area contributed by atoms with Gasteiger partial charge in [-0.1, -0.05) is 12.1 Å². The van der Waals surface area contributed by atoms with Crippen molar-refractivity contribution in [2.75, 3.05) is 56.2 Å². The molecule has 10 nitrogen and oxygen atoms in total. The highest BCUT2D eigenvalue weighted by atomic mass is 32.2. The van der Waals surface area contributed by atoms with E-state index < -0.39 is 10.8 Å². The summed E-state index contributed by atoms with van der Waals surface area (Å²) in [6, 6.07) is 11.7. The van der Waals surface area contributed by atoms with Gasteiger partial charge < -0.3 is 20.0 Å². The van der Waals surface area contributed by atoms with Gasteiger partial charge in [-0.05, 0) is 30.5 Å². The number of nitro groups is 1. The average Bonchev–Trinajstić information content (AvgIpc) is 2.83. The van der Waals surface area contributed by atoms with Gasteiger partial charge in [0, 0.05) is 56.7 Å². The molecule has 180 valence electrons. The van der Waals surface area contributed by atoms with Crippen LogP contribution in [0.4, 0.5) is 17.1 Å². The maximum absolute atomic E-state index is 12.9. The Balaban J connectivity index is 1.70. The summed E-state index contributed by atoms with van der Waals surface area (Å²) in [5.74, 6) is -0.893. The summed E-state index contributed by atoms with van der Waals surface area (Å²) in [7, 11) is 1.48. The number of hydrogen-bond donors (Lipinski definition) is 1. The molecule has 0 radical (unpaired) electrons. The van der Waals surface area contributed by atoms with Crippen molar-refractivity contribution in [2.24, 2.45) is 0 Å². The lowest BCUT2D eigenvalue weighted by atomic mass is 10.1. The van der Waals surface area contributed by atoms with Crippen LogP contribution in [-0.2, 0) is 9.59 Å². The van der Waals surface area contributed by atoms with Crippen LogP contribution in [0, 0.1) is 10.1 Å². The molecule has 0 bridgehead atoms. The standard InChI is InChI=1S/C23H27N5O5S/c1-16(29)26-10-12-27(13-11-26)19-9-8-17(14-20(19)28(32)33)23(31)25(2)15-22(30)24-18-6-4-5-7-21(18)34-3/h4-9,14H,10-13,15H2,1-3H3,(H,24,30). The molecule has 0 spiro atoms. The number of rotatable bonds is 7. The van der Waals surface area contributed by atoms with Crippen LogP contribution in [0.5, 0.6) is 0 Å². The Morgan fingerprint density at radius 2 is 1.79 bits per heavy atom. The van der Waals surface area contributed by atoms with Gasteiger partial charge in [-0.3, -0.25) is 24.5 Å². The zero-order valence-electron chi connectivity index (χ0n) is 19.3. The summed E-state index contributed by atoms with van der Waals surface area (Å²) in [4.78, 5) is 53.8. The van der Waals surface area contributed by atoms with E-state index in [-0.39, 0.29) is 29.6 Å². The van der Waals surface area contributed by atoms with E-state index in [1.807, 2.05) is 29.4 Å². The summed E-state index contributed by atoms with van der Waals surface area (Å²) < 4.78 is 0. The fourth-order valence-electron chi connectivity index (χ4n) is 3.78. The highest BCUT2D eigenvalue weighted by molar-refractivity contribution is 7.98. The number of para-hydroxylation sites is 1. The van der Waals surface area contributed by atoms with Crippen LogP contribution in [0.3, 0.4) is 0 Å². The first-order chi connectivity index (χ1) is 16.2. The van der Waals surface area contributed by atoms with Crippen molar-refractivity contribution in [1.29, 1.82) is 0 Å². The van der Waals surface area contributed by atoms with Crippen LogP contribution in [0.15, 0.2) is 47.4 Å². The molecule has 1 heterocycles. The van der Waals surface area contributed by atoms with Crippen LogP contribution in [0.2, 0.25) is 0 Å². The first kappa shape index (κ1) is 25.0. The van der Waals surface area contributed by atoms with Crippen LogP contribution < -0.4 is 10.2 Å². The topological polar surface area (TPSA) is 116 Å². The van der Waals surface area contributed by atoms with E-state index in [1.165, 1.54) is 42.8 Å². The molecule has 1 fully saturated rings. The number of likely N-dealkylation sites (N-methyl/N-ethyl adjacent to an activating group) is 1. The number of hydrogen-bond acceptors (Lipinski definition) is 7. The molecular weight excluding hydrogens is 458 g/mol. The minimum absolute atomic E-state index is 0.0286. The van der Waals surface area contributed by atoms with E-state index in [2.05, 4.69) is 5.32 Å². The van der Waals surface area contributed by atoms with Gasteiger partial charge in [0.25, 0.3) is 11.6 Å². The molecular formula is C23H27N5O5S. The first-order valence-corrected chi connectivity index (χ1v) is 11.9. The second kappa shape index (κ2) is 11.0. The summed E-state index contributed by atoms with van der Waals surface area (Å²) in [6.45, 7) is 3.17. The molecule has 0 aromatic heterocycles. The normalized spacial score (nSPS) is 13.4. The van der Waals surface area contributed by atoms with Gasteiger partial charge in [-0.2, -0.15) is 0 Å². The van der Waals surface area contributed by atoms with Gasteiger partial charge in [0.2, 0.25) is 11.8 Å². The fourth-order valence-corrected chi connectivity index (χ4v) is 4.33. The van der Waals surface area contributed by atoms with Gasteiger partial charge in [0.1, 0.15) is 5.69 Å². The first-order valence-electron chi connectivity index (χ1n) is 10.7. The maximum atomic E-state index is 12.9. The van der Waals surface area contributed by atoms with E-state index in [9.17, 15) is 24.5 Å². The molecule has 3 rings (SSSR count). The van der Waals surface area contributed by atoms with Gasteiger partial charge in [0.15, 0.2) is 0 Å². The smallest absolute Gasteiger partial charge is 0.293 e. The molecule has 11 heteroatoms. The van der Waals surface area contributed by atoms with Crippen LogP contribution in [-0.4, -0.2) is 78.5 Å². The van der Waals surface area contributed by atoms with Crippen molar-refractivity contribution >= 4 is 46.5 Å². The third-order valence-electron chi connectivity index (χ3n) is 5.59. The Kier molecular flexibility index (Phi) is 8.11. The number of thioether (sulfide) groups is 1. The number of piperazine rings is 1. The van der Waals surface area contributed by atoms with Crippen molar-refractivity contribution in [3.05, 3.63) is 58.1 Å². The zero-order valence-corrected chi connectivity index (χ0v) is 20.1. The number of anilines is 2. The second-order valence-electron chi connectivity index (χ2n) is 7.86. The van der Waals surface area contributed by atoms with Crippen LogP contribution >= 0.6 is 11.8 Å². The predicted octanol–water partition coefficient (Wildman–Crippen LogP) is 2.70. The molecule has 0 saturated carbocycles. The van der Waals surface area contributed by atoms with E-state index in [4.69, 9.17) is 0 Å². The minimum Gasteiger partial charge on any atom is -0.362 e. The van der Waals surface area contributed by atoms with E-state index in [0.717, 1.165) is 4.90 Å². The number of nitro benzene ring substituents is 1. The second-order valence-corrected chi connectivity index (χ2v) is 8.71. The number of benzene rings is 2. The lowest BCUT2D eigenvalue weighted by molar-refractivity contribution is -0.384. The highest BCUT2D eigenvalue weighted by Crippen LogP contribution is 2.30. The third-order valence-corrected chi connectivity index (χ3v) is 6.39. The van der Waals surface area contributed by atoms with Crippen molar-refractivity contribution in [3.8, 4) is 0 Å². The molecule has 0 atom stereocenters. The van der Waals surface area contributed by atoms with E-state index in [1.54, 1.807) is 17.0 Å². The van der Waals surface area contributed by atoms with Gasteiger partial charge in [0.05, 0.1) is 17.2 Å². The number of amides is 3. The lowest BCUT2D eigenvalue weighted by Gasteiger charge is -2.35. The Hall–Kier alpha value is -3.60. The SMILES string of the molecule is CSc1ccccc1NC(=O)CN(C)C(=O)c1ccc(N2CCN(C(C)=O)CC2)c([N+](=O)[O-])c1. The zero-order chi connectivity index (χ0) is 24.8. The summed E-state index contributed by atoms with van der Waals surface area (Å²) >= 11 is 1.50. The van der Waals surface area contributed by atoms with Crippen molar-refractivity contribution < 1.29 is 19.3 Å². The molecule has 0 unspecified atom stereocenters. The van der Waals surface area contributed by atoms with E-state index >= 15 is 0 Å². The number of carbonyl (C=O) groups excluding carboxylic acids is 3. The largest absolute Gasteiger partial charge is 0.362 e. The van der Waals surface area contributed by atoms with Crippen molar-refractivity contribution in [1.82, 2.24) is 9.80 Å². The number of nitrogens with zero attached hydrogens (tertiary/aromatic N) is 4. The lowest BCUT2D eigenvalue weighted by Crippen LogP contribution is -2.48. The molecule has 2 aromatic carbocycles. The Morgan fingerprint density at radius 3 is 2.41 bits per heavy atom. The summed E-state index contributed by atoms with van der Waals surface area (Å²) in [5, 5.41) is 14.5. The van der Waals surface area contributed by atoms with Gasteiger partial charge in [-0.15, -0.1) is 11.8 Å². The molecule has 2 aromatic rings. The average molecular weight is 486 g/mol. The molecule has 3 amide bonds. The van der Waals surface area contributed by atoms with Gasteiger partial charge in [-0.25, -0.2) is 0 Å². The number of carbonyl (C=O) groups is 3. The minimum atomic E-state index is -0.518. The molecule has 1 aliphatic rings. The summed E-state index contributed by atoms with van der Waals surface area (Å²) in [5.41, 5.74) is 0.996. The van der Waals surface area contributed by atoms with Crippen LogP contribution in [0.25, 0.3) is 0 Å². The fraction of sp³-hybridized carbons (Fsp3) is 0.348. The van der Waals surface area contributed by atoms with Gasteiger partial charge >= 0.3 is 0 Å². The Bertz CT molecular complexity index is 1100. The molecule has 1 aliphatic heterocycles. The molecule has 0 aliphatic carbocycles. The third kappa shape index (κ3) is 5.84. The quantitative estimate of drug-likeness (QED) is 0.364. The van der Waals surface area contributed by atoms with Crippen molar-refractivity contribution in [3.63, 3.8) is 0 Å². The Morgan fingerprint density at radius 1 is 1.12 bits per heavy atom. The number of nitrogens with one attached hydrogen (secondary N) is 1. The Labute approximate surface area is 202 Å². The predicted molar refractivity (Wildman–Crippen MR) is 131 cm³/mol. The molecule has 34 heavy (non-hydrogen) atoms. The highest BCUT2D eigenvalue weighted by Gasteiger charge is 2.26.